The van der Waals surface area contributed by atoms with Gasteiger partial charge < -0.3 is 24.3 Å². The Morgan fingerprint density at radius 1 is 1.10 bits per heavy atom. The topological polar surface area (TPSA) is 68.6 Å². The average Bonchev–Trinajstić information content (AvgIpc) is 3.16. The van der Waals surface area contributed by atoms with E-state index in [-0.39, 0.29) is 18.3 Å². The highest BCUT2D eigenvalue weighted by atomic mass is 35.5. The fourth-order valence-corrected chi connectivity index (χ4v) is 3.87. The molecule has 0 spiro atoms. The molecule has 160 valence electrons. The Hall–Kier alpha value is -2.93. The van der Waals surface area contributed by atoms with Gasteiger partial charge in [-0.25, -0.2) is 4.98 Å². The summed E-state index contributed by atoms with van der Waals surface area (Å²) < 4.78 is 12.7. The Balaban J connectivity index is 0.00000256. The maximum Gasteiger partial charge on any atom is 0.257 e. The quantitative estimate of drug-likeness (QED) is 0.650. The molecule has 3 aromatic rings. The van der Waals surface area contributed by atoms with Crippen molar-refractivity contribution in [1.29, 1.82) is 0 Å². The van der Waals surface area contributed by atoms with Crippen molar-refractivity contribution < 1.29 is 14.3 Å². The molecule has 1 fully saturated rings. The Bertz CT molecular complexity index is 1040. The summed E-state index contributed by atoms with van der Waals surface area (Å²) in [6.07, 6.45) is 6.94. The van der Waals surface area contributed by atoms with Gasteiger partial charge in [-0.1, -0.05) is 0 Å². The van der Waals surface area contributed by atoms with E-state index >= 15 is 0 Å². The lowest BCUT2D eigenvalue weighted by molar-refractivity contribution is 0.0725. The first-order valence-corrected chi connectivity index (χ1v) is 9.84. The Morgan fingerprint density at radius 2 is 1.87 bits per heavy atom. The average molecular weight is 431 g/mol. The van der Waals surface area contributed by atoms with E-state index in [1.54, 1.807) is 20.4 Å². The zero-order valence-electron chi connectivity index (χ0n) is 17.5. The fourth-order valence-electron chi connectivity index (χ4n) is 3.87. The van der Waals surface area contributed by atoms with Crippen molar-refractivity contribution in [2.45, 2.75) is 19.3 Å². The highest BCUT2D eigenvalue weighted by Crippen LogP contribution is 2.34. The van der Waals surface area contributed by atoms with E-state index in [0.717, 1.165) is 42.5 Å². The SMILES string of the molecule is COc1ccc(Nc2ncc(C(=O)N3CCCCC3)c3c2ccn3C)c(OC)c1.Cl. The van der Waals surface area contributed by atoms with Crippen LogP contribution in [0.25, 0.3) is 10.9 Å². The van der Waals surface area contributed by atoms with E-state index in [0.29, 0.717) is 22.9 Å². The smallest absolute Gasteiger partial charge is 0.257 e. The van der Waals surface area contributed by atoms with Crippen LogP contribution in [0.3, 0.4) is 0 Å². The number of carbonyl (C=O) groups is 1. The van der Waals surface area contributed by atoms with Crippen LogP contribution in [-0.2, 0) is 7.05 Å². The minimum Gasteiger partial charge on any atom is -0.497 e. The first-order chi connectivity index (χ1) is 14.1. The molecule has 30 heavy (non-hydrogen) atoms. The number of ether oxygens (including phenoxy) is 2. The van der Waals surface area contributed by atoms with E-state index in [1.165, 1.54) is 6.42 Å². The first-order valence-electron chi connectivity index (χ1n) is 9.84. The molecule has 0 saturated carbocycles. The first kappa shape index (κ1) is 21.8. The largest absolute Gasteiger partial charge is 0.497 e. The molecule has 2 aromatic heterocycles. The zero-order chi connectivity index (χ0) is 20.4. The molecule has 0 unspecified atom stereocenters. The number of nitrogens with zero attached hydrogens (tertiary/aromatic N) is 3. The number of rotatable bonds is 5. The van der Waals surface area contributed by atoms with Crippen LogP contribution < -0.4 is 14.8 Å². The molecule has 0 aliphatic carbocycles. The molecule has 0 atom stereocenters. The van der Waals surface area contributed by atoms with Gasteiger partial charge in [0.15, 0.2) is 0 Å². The van der Waals surface area contributed by atoms with Gasteiger partial charge in [-0.2, -0.15) is 0 Å². The van der Waals surface area contributed by atoms with E-state index in [4.69, 9.17) is 9.47 Å². The van der Waals surface area contributed by atoms with E-state index in [1.807, 2.05) is 47.0 Å². The standard InChI is InChI=1S/C22H26N4O3.ClH/c1-25-12-9-16-20(25)17(22(27)26-10-5-4-6-11-26)14-23-21(16)24-18-8-7-15(28-2)13-19(18)29-3;/h7-9,12-14H,4-6,10-11H2,1-3H3,(H,23,24);1H. The number of aromatic nitrogens is 2. The highest BCUT2D eigenvalue weighted by molar-refractivity contribution is 6.08. The summed E-state index contributed by atoms with van der Waals surface area (Å²) in [5.41, 5.74) is 2.30. The molecule has 1 amide bonds. The Kier molecular flexibility index (Phi) is 6.72. The second kappa shape index (κ2) is 9.26. The van der Waals surface area contributed by atoms with Gasteiger partial charge in [0.2, 0.25) is 0 Å². The van der Waals surface area contributed by atoms with Crippen molar-refractivity contribution in [2.75, 3.05) is 32.6 Å². The summed E-state index contributed by atoms with van der Waals surface area (Å²) in [4.78, 5) is 19.7. The molecule has 1 N–H and O–H groups in total. The molecule has 3 heterocycles. The Morgan fingerprint density at radius 3 is 2.57 bits per heavy atom. The number of amides is 1. The third kappa shape index (κ3) is 4.03. The minimum atomic E-state index is 0. The van der Waals surface area contributed by atoms with E-state index in [2.05, 4.69) is 10.3 Å². The van der Waals surface area contributed by atoms with Crippen LogP contribution in [0.15, 0.2) is 36.7 Å². The lowest BCUT2D eigenvalue weighted by Crippen LogP contribution is -2.35. The normalized spacial score (nSPS) is 13.6. The number of hydrogen-bond acceptors (Lipinski definition) is 5. The second-order valence-corrected chi connectivity index (χ2v) is 7.25. The van der Waals surface area contributed by atoms with E-state index in [9.17, 15) is 4.79 Å². The minimum absolute atomic E-state index is 0. The number of carbonyl (C=O) groups excluding carboxylic acids is 1. The monoisotopic (exact) mass is 430 g/mol. The number of halogens is 1. The summed E-state index contributed by atoms with van der Waals surface area (Å²) >= 11 is 0. The summed E-state index contributed by atoms with van der Waals surface area (Å²) in [5, 5.41) is 4.24. The number of methoxy groups -OCH3 is 2. The van der Waals surface area contributed by atoms with Gasteiger partial charge in [0, 0.05) is 44.0 Å². The third-order valence-corrected chi connectivity index (χ3v) is 5.44. The van der Waals surface area contributed by atoms with Gasteiger partial charge in [-0.3, -0.25) is 4.79 Å². The number of nitrogens with one attached hydrogen (secondary N) is 1. The number of fused-ring (bicyclic) bond motifs is 1. The highest BCUT2D eigenvalue weighted by Gasteiger charge is 2.23. The third-order valence-electron chi connectivity index (χ3n) is 5.44. The summed E-state index contributed by atoms with van der Waals surface area (Å²) in [7, 11) is 5.19. The van der Waals surface area contributed by atoms with Crippen molar-refractivity contribution >= 4 is 40.7 Å². The number of aryl methyl sites for hydroxylation is 1. The molecule has 4 rings (SSSR count). The number of benzene rings is 1. The van der Waals surface area contributed by atoms with Gasteiger partial charge in [0.1, 0.15) is 17.3 Å². The molecular formula is C22H27ClN4O3. The lowest BCUT2D eigenvalue weighted by Gasteiger charge is -2.27. The fraction of sp³-hybridized carbons (Fsp3) is 0.364. The summed E-state index contributed by atoms with van der Waals surface area (Å²) in [6.45, 7) is 1.63. The van der Waals surface area contributed by atoms with Crippen molar-refractivity contribution in [3.05, 3.63) is 42.2 Å². The van der Waals surface area contributed by atoms with Gasteiger partial charge in [0.05, 0.1) is 31.0 Å². The molecule has 1 saturated heterocycles. The molecule has 1 aliphatic rings. The number of anilines is 2. The molecule has 7 nitrogen and oxygen atoms in total. The van der Waals surface area contributed by atoms with Crippen LogP contribution in [0.4, 0.5) is 11.5 Å². The lowest BCUT2D eigenvalue weighted by atomic mass is 10.1. The van der Waals surface area contributed by atoms with E-state index < -0.39 is 0 Å². The molecular weight excluding hydrogens is 404 g/mol. The van der Waals surface area contributed by atoms with Crippen LogP contribution in [0.2, 0.25) is 0 Å². The zero-order valence-corrected chi connectivity index (χ0v) is 18.3. The summed E-state index contributed by atoms with van der Waals surface area (Å²) in [5.74, 6) is 2.10. The molecule has 0 bridgehead atoms. The predicted molar refractivity (Wildman–Crippen MR) is 121 cm³/mol. The van der Waals surface area contributed by atoms with Crippen LogP contribution in [0, 0.1) is 0 Å². The van der Waals surface area contributed by atoms with Crippen molar-refractivity contribution in [3.8, 4) is 11.5 Å². The van der Waals surface area contributed by atoms with Crippen molar-refractivity contribution in [3.63, 3.8) is 0 Å². The maximum atomic E-state index is 13.1. The number of hydrogen-bond donors (Lipinski definition) is 1. The number of piperidine rings is 1. The predicted octanol–water partition coefficient (Wildman–Crippen LogP) is 4.38. The van der Waals surface area contributed by atoms with Gasteiger partial charge in [0.25, 0.3) is 5.91 Å². The van der Waals surface area contributed by atoms with Crippen molar-refractivity contribution in [1.82, 2.24) is 14.5 Å². The van der Waals surface area contributed by atoms with Gasteiger partial charge in [-0.05, 0) is 37.5 Å². The van der Waals surface area contributed by atoms with Gasteiger partial charge in [-0.15, -0.1) is 12.4 Å². The second-order valence-electron chi connectivity index (χ2n) is 7.25. The van der Waals surface area contributed by atoms with Crippen LogP contribution in [0.1, 0.15) is 29.6 Å². The van der Waals surface area contributed by atoms with Crippen LogP contribution in [-0.4, -0.2) is 47.7 Å². The number of likely N-dealkylation sites (tertiary alicyclic amines) is 1. The van der Waals surface area contributed by atoms with Gasteiger partial charge >= 0.3 is 0 Å². The number of pyridine rings is 1. The summed E-state index contributed by atoms with van der Waals surface area (Å²) in [6, 6.07) is 7.55. The maximum absolute atomic E-state index is 13.1. The molecule has 1 aliphatic heterocycles. The van der Waals surface area contributed by atoms with Crippen molar-refractivity contribution in [2.24, 2.45) is 7.05 Å². The molecule has 0 radical (unpaired) electrons. The molecule has 1 aromatic carbocycles. The van der Waals surface area contributed by atoms with Crippen LogP contribution in [0.5, 0.6) is 11.5 Å². The molecule has 8 heteroatoms. The van der Waals surface area contributed by atoms with Crippen LogP contribution >= 0.6 is 12.4 Å². The Labute approximate surface area is 182 Å².